The van der Waals surface area contributed by atoms with Crippen LogP contribution in [0, 0.1) is 0 Å². The van der Waals surface area contributed by atoms with E-state index >= 15 is 0 Å². The molecule has 0 fully saturated rings. The molecule has 21 heavy (non-hydrogen) atoms. The second-order valence-corrected chi connectivity index (χ2v) is 5.42. The molecule has 1 aliphatic heterocycles. The maximum atomic E-state index is 13.3. The molecule has 1 aliphatic rings. The predicted molar refractivity (Wildman–Crippen MR) is 62.1 cm³/mol. The molecular formula is C13H13F5O3. The summed E-state index contributed by atoms with van der Waals surface area (Å²) in [5, 5.41) is 19.7. The zero-order chi connectivity index (χ0) is 16.2. The van der Waals surface area contributed by atoms with Crippen molar-refractivity contribution in [3.63, 3.8) is 0 Å². The predicted octanol–water partition coefficient (Wildman–Crippen LogP) is 2.91. The average molecular weight is 312 g/mol. The Morgan fingerprint density at radius 1 is 1.10 bits per heavy atom. The van der Waals surface area contributed by atoms with Gasteiger partial charge in [0.15, 0.2) is 0 Å². The molecule has 0 unspecified atom stereocenters. The molecule has 8 heteroatoms. The summed E-state index contributed by atoms with van der Waals surface area (Å²) in [5.41, 5.74) is -2.81. The van der Waals surface area contributed by atoms with Gasteiger partial charge in [0.05, 0.1) is 0 Å². The van der Waals surface area contributed by atoms with Crippen LogP contribution in [0.25, 0.3) is 0 Å². The first-order valence-electron chi connectivity index (χ1n) is 6.02. The third-order valence-corrected chi connectivity index (χ3v) is 3.43. The van der Waals surface area contributed by atoms with Gasteiger partial charge in [0.25, 0.3) is 0 Å². The van der Waals surface area contributed by atoms with Crippen molar-refractivity contribution in [1.29, 1.82) is 0 Å². The van der Waals surface area contributed by atoms with E-state index in [4.69, 9.17) is 4.74 Å². The number of aliphatic hydroxyl groups excluding tert-OH is 2. The summed E-state index contributed by atoms with van der Waals surface area (Å²) in [7, 11) is 0. The normalized spacial score (nSPS) is 25.2. The minimum Gasteiger partial charge on any atom is -0.485 e. The van der Waals surface area contributed by atoms with E-state index in [-0.39, 0.29) is 11.3 Å². The van der Waals surface area contributed by atoms with Crippen LogP contribution < -0.4 is 4.74 Å². The molecule has 3 nitrogen and oxygen atoms in total. The van der Waals surface area contributed by atoms with Gasteiger partial charge in [-0.1, -0.05) is 0 Å². The maximum absolute atomic E-state index is 13.3. The van der Waals surface area contributed by atoms with Crippen LogP contribution in [0.2, 0.25) is 0 Å². The molecule has 0 aliphatic carbocycles. The van der Waals surface area contributed by atoms with Crippen LogP contribution in [0.1, 0.15) is 31.1 Å². The van der Waals surface area contributed by atoms with E-state index in [0.717, 1.165) is 6.07 Å². The van der Waals surface area contributed by atoms with Crippen LogP contribution >= 0.6 is 0 Å². The number of fused-ring (bicyclic) bond motifs is 1. The van der Waals surface area contributed by atoms with Crippen LogP contribution in [-0.2, 0) is 5.92 Å². The molecule has 0 saturated heterocycles. The highest BCUT2D eigenvalue weighted by Gasteiger charge is 2.59. The Morgan fingerprint density at radius 3 is 2.19 bits per heavy atom. The van der Waals surface area contributed by atoms with E-state index < -0.39 is 35.5 Å². The summed E-state index contributed by atoms with van der Waals surface area (Å²) in [6.07, 6.45) is -8.83. The fourth-order valence-electron chi connectivity index (χ4n) is 2.13. The van der Waals surface area contributed by atoms with Crippen LogP contribution in [-0.4, -0.2) is 28.1 Å². The largest absolute Gasteiger partial charge is 0.485 e. The molecule has 0 saturated carbocycles. The lowest BCUT2D eigenvalue weighted by atomic mass is 9.87. The highest BCUT2D eigenvalue weighted by atomic mass is 19.4. The first kappa shape index (κ1) is 16.0. The summed E-state index contributed by atoms with van der Waals surface area (Å²) in [5.74, 6) is -5.10. The third kappa shape index (κ3) is 2.46. The van der Waals surface area contributed by atoms with Crippen LogP contribution in [0.5, 0.6) is 5.75 Å². The smallest absolute Gasteiger partial charge is 0.458 e. The summed E-state index contributed by atoms with van der Waals surface area (Å²) in [4.78, 5) is 0. The number of hydrogen-bond donors (Lipinski definition) is 2. The van der Waals surface area contributed by atoms with Crippen molar-refractivity contribution in [1.82, 2.24) is 0 Å². The van der Waals surface area contributed by atoms with E-state index in [0.29, 0.717) is 12.1 Å². The first-order valence-corrected chi connectivity index (χ1v) is 6.02. The van der Waals surface area contributed by atoms with E-state index in [2.05, 4.69) is 0 Å². The van der Waals surface area contributed by atoms with Gasteiger partial charge in [-0.3, -0.25) is 0 Å². The van der Waals surface area contributed by atoms with Crippen LogP contribution in [0.3, 0.4) is 0 Å². The first-order chi connectivity index (χ1) is 9.38. The molecule has 1 heterocycles. The number of ether oxygens (including phenoxy) is 1. The fraction of sp³-hybridized carbons (Fsp3) is 0.538. The number of hydrogen-bond acceptors (Lipinski definition) is 3. The second-order valence-electron chi connectivity index (χ2n) is 5.42. The van der Waals surface area contributed by atoms with E-state index in [1.54, 1.807) is 0 Å². The Balaban J connectivity index is 2.51. The number of alkyl halides is 5. The van der Waals surface area contributed by atoms with Crippen LogP contribution in [0.15, 0.2) is 18.2 Å². The highest BCUT2D eigenvalue weighted by Crippen LogP contribution is 2.47. The van der Waals surface area contributed by atoms with E-state index in [1.807, 2.05) is 0 Å². The van der Waals surface area contributed by atoms with Gasteiger partial charge in [-0.2, -0.15) is 22.0 Å². The van der Waals surface area contributed by atoms with Crippen LogP contribution in [0.4, 0.5) is 22.0 Å². The number of benzene rings is 1. The van der Waals surface area contributed by atoms with Crippen molar-refractivity contribution >= 4 is 0 Å². The van der Waals surface area contributed by atoms with Gasteiger partial charge in [0.1, 0.15) is 23.6 Å². The Hall–Kier alpha value is -1.41. The van der Waals surface area contributed by atoms with Gasteiger partial charge >= 0.3 is 12.1 Å². The summed E-state index contributed by atoms with van der Waals surface area (Å²) in [6.45, 7) is 2.92. The lowest BCUT2D eigenvalue weighted by Gasteiger charge is -2.40. The SMILES string of the molecule is CC1(C)Oc2ccc(C(F)(F)C(F)(F)F)cc2[C@@H](O)[C@@H]1O. The molecule has 0 amide bonds. The quantitative estimate of drug-likeness (QED) is 0.784. The monoisotopic (exact) mass is 312 g/mol. The topological polar surface area (TPSA) is 49.7 Å². The number of halogens is 5. The Bertz CT molecular complexity index is 553. The van der Waals surface area contributed by atoms with Crippen molar-refractivity contribution < 1.29 is 36.9 Å². The minimum atomic E-state index is -5.75. The van der Waals surface area contributed by atoms with Gasteiger partial charge in [0, 0.05) is 11.1 Å². The Labute approximate surface area is 117 Å². The molecule has 118 valence electrons. The van der Waals surface area contributed by atoms with Gasteiger partial charge in [-0.05, 0) is 32.0 Å². The Morgan fingerprint density at radius 2 is 1.67 bits per heavy atom. The number of rotatable bonds is 1. The highest BCUT2D eigenvalue weighted by molar-refractivity contribution is 5.43. The second kappa shape index (κ2) is 4.54. The molecule has 2 rings (SSSR count). The molecular weight excluding hydrogens is 299 g/mol. The Kier molecular flexibility index (Phi) is 3.45. The summed E-state index contributed by atoms with van der Waals surface area (Å²) >= 11 is 0. The summed E-state index contributed by atoms with van der Waals surface area (Å²) in [6, 6.07) is 2.03. The molecule has 0 radical (unpaired) electrons. The lowest BCUT2D eigenvalue weighted by Crippen LogP contribution is -2.48. The molecule has 1 aromatic carbocycles. The molecule has 0 aromatic heterocycles. The molecule has 2 N–H and O–H groups in total. The van der Waals surface area contributed by atoms with Crippen molar-refractivity contribution in [2.45, 2.75) is 43.8 Å². The maximum Gasteiger partial charge on any atom is 0.458 e. The standard InChI is InChI=1S/C13H13F5O3/c1-11(2)10(20)9(19)7-5-6(3-4-8(7)21-11)12(14,15)13(16,17)18/h3-5,9-10,19-20H,1-2H3/t9-,10+/m1/s1. The van der Waals surface area contributed by atoms with Gasteiger partial charge in [0.2, 0.25) is 0 Å². The number of aliphatic hydroxyl groups is 2. The average Bonchev–Trinajstić information content (AvgIpc) is 2.34. The van der Waals surface area contributed by atoms with E-state index in [1.165, 1.54) is 13.8 Å². The van der Waals surface area contributed by atoms with Crippen molar-refractivity contribution in [3.05, 3.63) is 29.3 Å². The van der Waals surface area contributed by atoms with Crippen molar-refractivity contribution in [2.75, 3.05) is 0 Å². The molecule has 2 atom stereocenters. The minimum absolute atomic E-state index is 0.0421. The summed E-state index contributed by atoms with van der Waals surface area (Å²) < 4.78 is 69.0. The van der Waals surface area contributed by atoms with Gasteiger partial charge in [-0.25, -0.2) is 0 Å². The van der Waals surface area contributed by atoms with Crippen molar-refractivity contribution in [3.8, 4) is 5.75 Å². The zero-order valence-electron chi connectivity index (χ0n) is 11.1. The molecule has 0 bridgehead atoms. The zero-order valence-corrected chi connectivity index (χ0v) is 11.1. The van der Waals surface area contributed by atoms with Gasteiger partial charge in [-0.15, -0.1) is 0 Å². The van der Waals surface area contributed by atoms with E-state index in [9.17, 15) is 32.2 Å². The third-order valence-electron chi connectivity index (χ3n) is 3.43. The van der Waals surface area contributed by atoms with Crippen molar-refractivity contribution in [2.24, 2.45) is 0 Å². The fourth-order valence-corrected chi connectivity index (χ4v) is 2.13. The lowest BCUT2D eigenvalue weighted by molar-refractivity contribution is -0.289. The molecule has 0 spiro atoms. The molecule has 1 aromatic rings. The van der Waals surface area contributed by atoms with Gasteiger partial charge < -0.3 is 14.9 Å².